The van der Waals surface area contributed by atoms with Gasteiger partial charge in [0.15, 0.2) is 0 Å². The average Bonchev–Trinajstić information content (AvgIpc) is 3.14. The molecule has 3 aromatic rings. The first kappa shape index (κ1) is 18.5. The van der Waals surface area contributed by atoms with Gasteiger partial charge in [0.2, 0.25) is 0 Å². The van der Waals surface area contributed by atoms with Crippen LogP contribution in [0.4, 0.5) is 0 Å². The van der Waals surface area contributed by atoms with E-state index in [-0.39, 0.29) is 11.0 Å². The Kier molecular flexibility index (Phi) is 4.56. The lowest BCUT2D eigenvalue weighted by Crippen LogP contribution is -2.66. The highest BCUT2D eigenvalue weighted by Crippen LogP contribution is 2.51. The molecule has 27 heavy (non-hydrogen) atoms. The third-order valence-electron chi connectivity index (χ3n) is 7.83. The van der Waals surface area contributed by atoms with E-state index in [1.54, 1.807) is 5.56 Å². The molecule has 1 unspecified atom stereocenters. The third kappa shape index (κ3) is 2.28. The van der Waals surface area contributed by atoms with Crippen molar-refractivity contribution in [2.24, 2.45) is 0 Å². The van der Waals surface area contributed by atoms with Gasteiger partial charge in [-0.1, -0.05) is 52.7 Å². The van der Waals surface area contributed by atoms with Crippen LogP contribution in [0.1, 0.15) is 84.3 Å². The fourth-order valence-electron chi connectivity index (χ4n) is 6.03. The zero-order valence-electron chi connectivity index (χ0n) is 17.8. The summed E-state index contributed by atoms with van der Waals surface area (Å²) in [4.78, 5) is 0. The molecule has 3 heterocycles. The highest BCUT2D eigenvalue weighted by molar-refractivity contribution is 5.99. The molecule has 1 aliphatic rings. The SMILES string of the molecule is CCCCCc1ccc2c3c1ccn1cc[n+](c31)C(C)(CC)C2(CC)CC. The van der Waals surface area contributed by atoms with Crippen LogP contribution in [0.5, 0.6) is 0 Å². The molecular weight excluding hydrogens is 328 g/mol. The number of aryl methyl sites for hydroxylation is 1. The summed E-state index contributed by atoms with van der Waals surface area (Å²) in [5, 5.41) is 2.99. The van der Waals surface area contributed by atoms with Crippen molar-refractivity contribution in [1.82, 2.24) is 4.40 Å². The number of imidazole rings is 1. The van der Waals surface area contributed by atoms with Gasteiger partial charge in [-0.25, -0.2) is 8.97 Å². The van der Waals surface area contributed by atoms with Crippen LogP contribution in [0.15, 0.2) is 36.8 Å². The molecule has 0 N–H and O–H groups in total. The standard InChI is InChI=1S/C25H35N2/c1-6-10-11-12-19-13-14-21-22-20(19)15-16-26-17-18-27(23(22)26)24(5,7-2)25(21,8-3)9-4/h13-18H,6-12H2,1-5H3/q+1. The van der Waals surface area contributed by atoms with Gasteiger partial charge in [-0.3, -0.25) is 0 Å². The van der Waals surface area contributed by atoms with Gasteiger partial charge in [-0.15, -0.1) is 0 Å². The second kappa shape index (κ2) is 6.65. The van der Waals surface area contributed by atoms with E-state index in [2.05, 4.69) is 80.4 Å². The molecule has 0 aliphatic carbocycles. The van der Waals surface area contributed by atoms with Crippen LogP contribution >= 0.6 is 0 Å². The largest absolute Gasteiger partial charge is 0.294 e. The van der Waals surface area contributed by atoms with E-state index in [0.29, 0.717) is 0 Å². The first-order valence-corrected chi connectivity index (χ1v) is 11.1. The van der Waals surface area contributed by atoms with Crippen molar-refractivity contribution >= 4 is 16.4 Å². The zero-order chi connectivity index (χ0) is 19.2. The van der Waals surface area contributed by atoms with Crippen molar-refractivity contribution in [3.63, 3.8) is 0 Å². The molecule has 144 valence electrons. The summed E-state index contributed by atoms with van der Waals surface area (Å²) in [6.07, 6.45) is 15.4. The lowest BCUT2D eigenvalue weighted by molar-refractivity contribution is -0.751. The van der Waals surface area contributed by atoms with Crippen molar-refractivity contribution < 1.29 is 4.57 Å². The normalized spacial score (nSPS) is 20.8. The molecule has 0 spiro atoms. The lowest BCUT2D eigenvalue weighted by atomic mass is 9.59. The summed E-state index contributed by atoms with van der Waals surface area (Å²) in [6, 6.07) is 7.29. The predicted octanol–water partition coefficient (Wildman–Crippen LogP) is 6.31. The Bertz CT molecular complexity index is 977. The monoisotopic (exact) mass is 363 g/mol. The Morgan fingerprint density at radius 2 is 1.70 bits per heavy atom. The highest BCUT2D eigenvalue weighted by atomic mass is 15.2. The van der Waals surface area contributed by atoms with Gasteiger partial charge in [0.25, 0.3) is 5.65 Å². The van der Waals surface area contributed by atoms with E-state index in [9.17, 15) is 0 Å². The van der Waals surface area contributed by atoms with Crippen LogP contribution in [0.3, 0.4) is 0 Å². The molecule has 2 heteroatoms. The van der Waals surface area contributed by atoms with E-state index in [1.807, 2.05) is 0 Å². The number of pyridine rings is 1. The molecular formula is C25H35N2+. The van der Waals surface area contributed by atoms with E-state index in [0.717, 1.165) is 6.42 Å². The Hall–Kier alpha value is -1.83. The molecule has 1 atom stereocenters. The number of nitrogens with zero attached hydrogens (tertiary/aromatic N) is 2. The Morgan fingerprint density at radius 3 is 2.37 bits per heavy atom. The number of aromatic nitrogens is 2. The van der Waals surface area contributed by atoms with Crippen LogP contribution in [-0.4, -0.2) is 4.40 Å². The predicted molar refractivity (Wildman–Crippen MR) is 115 cm³/mol. The molecule has 1 aliphatic heterocycles. The molecule has 2 nitrogen and oxygen atoms in total. The number of unbranched alkanes of at least 4 members (excludes halogenated alkanes) is 2. The summed E-state index contributed by atoms with van der Waals surface area (Å²) >= 11 is 0. The molecule has 4 rings (SSSR count). The topological polar surface area (TPSA) is 8.29 Å². The average molecular weight is 364 g/mol. The number of hydrogen-bond donors (Lipinski definition) is 0. The molecule has 1 aromatic carbocycles. The summed E-state index contributed by atoms with van der Waals surface area (Å²) in [5.41, 5.74) is 4.79. The van der Waals surface area contributed by atoms with Crippen molar-refractivity contribution in [1.29, 1.82) is 0 Å². The van der Waals surface area contributed by atoms with Gasteiger partial charge >= 0.3 is 0 Å². The summed E-state index contributed by atoms with van der Waals surface area (Å²) < 4.78 is 4.94. The number of hydrogen-bond acceptors (Lipinski definition) is 0. The van der Waals surface area contributed by atoms with Gasteiger partial charge in [0, 0.05) is 5.41 Å². The molecule has 0 fully saturated rings. The first-order valence-electron chi connectivity index (χ1n) is 11.1. The van der Waals surface area contributed by atoms with Gasteiger partial charge in [0.05, 0.1) is 11.6 Å². The minimum Gasteiger partial charge on any atom is -0.224 e. The fraction of sp³-hybridized carbons (Fsp3) is 0.560. The molecule has 0 amide bonds. The maximum Gasteiger partial charge on any atom is 0.294 e. The zero-order valence-corrected chi connectivity index (χ0v) is 17.8. The van der Waals surface area contributed by atoms with E-state index in [1.165, 1.54) is 60.5 Å². The van der Waals surface area contributed by atoms with Crippen LogP contribution < -0.4 is 4.57 Å². The minimum atomic E-state index is 0.107. The van der Waals surface area contributed by atoms with Crippen molar-refractivity contribution in [2.45, 2.75) is 90.5 Å². The van der Waals surface area contributed by atoms with Crippen LogP contribution in [0.25, 0.3) is 16.4 Å². The second-order valence-electron chi connectivity index (χ2n) is 8.65. The molecule has 0 saturated heterocycles. The van der Waals surface area contributed by atoms with Crippen LogP contribution in [-0.2, 0) is 17.4 Å². The van der Waals surface area contributed by atoms with E-state index in [4.69, 9.17) is 0 Å². The molecule has 2 aromatic heterocycles. The third-order valence-corrected chi connectivity index (χ3v) is 7.83. The Balaban J connectivity index is 2.08. The maximum absolute atomic E-state index is 2.60. The van der Waals surface area contributed by atoms with Gasteiger partial charge in [-0.2, -0.15) is 0 Å². The lowest BCUT2D eigenvalue weighted by Gasteiger charge is -2.48. The van der Waals surface area contributed by atoms with E-state index < -0.39 is 0 Å². The van der Waals surface area contributed by atoms with Crippen molar-refractivity contribution in [2.75, 3.05) is 0 Å². The summed E-state index contributed by atoms with van der Waals surface area (Å²) in [7, 11) is 0. The van der Waals surface area contributed by atoms with Gasteiger partial charge in [-0.05, 0) is 61.6 Å². The van der Waals surface area contributed by atoms with Crippen LogP contribution in [0.2, 0.25) is 0 Å². The highest BCUT2D eigenvalue weighted by Gasteiger charge is 2.55. The molecule has 0 bridgehead atoms. The Morgan fingerprint density at radius 1 is 0.926 bits per heavy atom. The summed E-state index contributed by atoms with van der Waals surface area (Å²) in [6.45, 7) is 11.9. The van der Waals surface area contributed by atoms with Crippen LogP contribution in [0, 0.1) is 0 Å². The minimum absolute atomic E-state index is 0.107. The molecule has 0 radical (unpaired) electrons. The van der Waals surface area contributed by atoms with Gasteiger partial charge < -0.3 is 0 Å². The first-order chi connectivity index (χ1) is 13.1. The van der Waals surface area contributed by atoms with E-state index >= 15 is 0 Å². The summed E-state index contributed by atoms with van der Waals surface area (Å²) in [5.74, 6) is 0. The number of rotatable bonds is 7. The smallest absolute Gasteiger partial charge is 0.224 e. The Labute approximate surface area is 164 Å². The molecule has 0 saturated carbocycles. The van der Waals surface area contributed by atoms with Gasteiger partial charge in [0.1, 0.15) is 17.9 Å². The quantitative estimate of drug-likeness (QED) is 0.343. The fourth-order valence-corrected chi connectivity index (χ4v) is 6.03. The van der Waals surface area contributed by atoms with Crippen molar-refractivity contribution in [3.8, 4) is 0 Å². The number of benzene rings is 1. The second-order valence-corrected chi connectivity index (χ2v) is 8.65. The van der Waals surface area contributed by atoms with Crippen molar-refractivity contribution in [3.05, 3.63) is 47.9 Å². The maximum atomic E-state index is 2.60.